The Balaban J connectivity index is 1.61. The number of hydrogen-bond acceptors (Lipinski definition) is 8. The number of ether oxygens (including phenoxy) is 3. The third-order valence-electron chi connectivity index (χ3n) is 6.81. The van der Waals surface area contributed by atoms with Gasteiger partial charge in [-0.25, -0.2) is 9.79 Å². The predicted molar refractivity (Wildman–Crippen MR) is 178 cm³/mol. The van der Waals surface area contributed by atoms with Crippen LogP contribution in [0, 0.1) is 14.9 Å². The van der Waals surface area contributed by atoms with Crippen LogP contribution in [-0.2, 0) is 16.1 Å². The summed E-state index contributed by atoms with van der Waals surface area (Å²) in [4.78, 5) is 32.4. The normalized spacial score (nSPS) is 14.5. The highest BCUT2D eigenvalue weighted by molar-refractivity contribution is 14.1. The zero-order valence-electron chi connectivity index (χ0n) is 24.1. The zero-order valence-corrected chi connectivity index (χ0v) is 27.8. The summed E-state index contributed by atoms with van der Waals surface area (Å²) in [6.45, 7) is 6.35. The molecule has 0 spiro atoms. The lowest BCUT2D eigenvalue weighted by atomic mass is 9.96. The maximum atomic E-state index is 14.1. The van der Waals surface area contributed by atoms with Gasteiger partial charge in [0.15, 0.2) is 4.80 Å². The highest BCUT2D eigenvalue weighted by atomic mass is 127. The van der Waals surface area contributed by atoms with Gasteiger partial charge in [0.1, 0.15) is 18.1 Å². The summed E-state index contributed by atoms with van der Waals surface area (Å²) in [5, 5.41) is 9.58. The summed E-state index contributed by atoms with van der Waals surface area (Å²) in [5.41, 5.74) is 3.28. The van der Waals surface area contributed by atoms with Crippen molar-refractivity contribution in [3.8, 4) is 17.6 Å². The molecule has 0 radical (unpaired) electrons. The Bertz CT molecular complexity index is 1980. The predicted octanol–water partition coefficient (Wildman–Crippen LogP) is 5.91. The SMILES string of the molecule is CCOC(=O)C1=C(C)N=c2s/c(=C\c3cc(Cl)cc(I)c3OCc3ccc(C#N)cc3)c(=O)n2[C@@H]1c1ccc(OCC)cc1. The van der Waals surface area contributed by atoms with Crippen LogP contribution in [0.4, 0.5) is 0 Å². The average molecular weight is 740 g/mol. The summed E-state index contributed by atoms with van der Waals surface area (Å²) in [6.07, 6.45) is 1.74. The van der Waals surface area contributed by atoms with Gasteiger partial charge in [-0.2, -0.15) is 5.26 Å². The van der Waals surface area contributed by atoms with Crippen molar-refractivity contribution in [2.75, 3.05) is 13.2 Å². The summed E-state index contributed by atoms with van der Waals surface area (Å²) in [7, 11) is 0. The quantitative estimate of drug-likeness (QED) is 0.156. The Kier molecular flexibility index (Phi) is 9.88. The lowest BCUT2D eigenvalue weighted by Crippen LogP contribution is -2.39. The van der Waals surface area contributed by atoms with E-state index in [0.29, 0.717) is 54.9 Å². The molecule has 0 saturated heterocycles. The number of benzene rings is 3. The van der Waals surface area contributed by atoms with Gasteiger partial charge in [-0.05, 0) is 97.0 Å². The lowest BCUT2D eigenvalue weighted by Gasteiger charge is -2.24. The van der Waals surface area contributed by atoms with Crippen molar-refractivity contribution in [2.45, 2.75) is 33.4 Å². The molecule has 11 heteroatoms. The van der Waals surface area contributed by atoms with Crippen molar-refractivity contribution < 1.29 is 19.0 Å². The molecule has 0 unspecified atom stereocenters. The second kappa shape index (κ2) is 13.8. The number of esters is 1. The second-order valence-electron chi connectivity index (χ2n) is 9.71. The Morgan fingerprint density at radius 2 is 1.84 bits per heavy atom. The number of aromatic nitrogens is 1. The van der Waals surface area contributed by atoms with E-state index in [9.17, 15) is 9.59 Å². The van der Waals surface area contributed by atoms with Crippen LogP contribution in [0.25, 0.3) is 6.08 Å². The van der Waals surface area contributed by atoms with Crippen LogP contribution in [0.1, 0.15) is 49.1 Å². The number of carbonyl (C=O) groups is 1. The van der Waals surface area contributed by atoms with Crippen molar-refractivity contribution in [1.29, 1.82) is 5.26 Å². The molecular formula is C33H27ClIN3O5S. The van der Waals surface area contributed by atoms with Gasteiger partial charge >= 0.3 is 5.97 Å². The van der Waals surface area contributed by atoms with Crippen LogP contribution in [-0.4, -0.2) is 23.8 Å². The lowest BCUT2D eigenvalue weighted by molar-refractivity contribution is -0.139. The van der Waals surface area contributed by atoms with Crippen molar-refractivity contribution in [3.63, 3.8) is 0 Å². The van der Waals surface area contributed by atoms with Gasteiger partial charge in [-0.15, -0.1) is 0 Å². The van der Waals surface area contributed by atoms with Crippen LogP contribution in [0.15, 0.2) is 81.7 Å². The van der Waals surface area contributed by atoms with E-state index >= 15 is 0 Å². The van der Waals surface area contributed by atoms with Crippen molar-refractivity contribution >= 4 is 57.6 Å². The minimum absolute atomic E-state index is 0.189. The molecule has 1 aliphatic heterocycles. The van der Waals surface area contributed by atoms with E-state index in [1.165, 1.54) is 15.9 Å². The van der Waals surface area contributed by atoms with Gasteiger partial charge in [0, 0.05) is 10.6 Å². The molecule has 224 valence electrons. The molecule has 2 heterocycles. The van der Waals surface area contributed by atoms with Gasteiger partial charge in [0.25, 0.3) is 5.56 Å². The molecular weight excluding hydrogens is 713 g/mol. The van der Waals surface area contributed by atoms with Crippen molar-refractivity contribution in [3.05, 3.63) is 122 Å². The molecule has 5 rings (SSSR count). The first kappa shape index (κ1) is 31.5. The Labute approximate surface area is 276 Å². The smallest absolute Gasteiger partial charge is 0.338 e. The number of nitriles is 1. The van der Waals surface area contributed by atoms with Gasteiger partial charge < -0.3 is 14.2 Å². The topological polar surface area (TPSA) is 103 Å². The van der Waals surface area contributed by atoms with E-state index in [1.54, 1.807) is 44.2 Å². The van der Waals surface area contributed by atoms with Gasteiger partial charge in [-0.3, -0.25) is 9.36 Å². The van der Waals surface area contributed by atoms with Gasteiger partial charge in [0.2, 0.25) is 0 Å². The van der Waals surface area contributed by atoms with Crippen LogP contribution in [0.2, 0.25) is 5.02 Å². The van der Waals surface area contributed by atoms with E-state index in [2.05, 4.69) is 33.7 Å². The second-order valence-corrected chi connectivity index (χ2v) is 12.3. The number of hydrogen-bond donors (Lipinski definition) is 0. The summed E-state index contributed by atoms with van der Waals surface area (Å²) < 4.78 is 19.9. The standard InChI is InChI=1S/C33H27ClIN3O5S/c1-4-41-25-12-10-22(11-13-25)29-28(32(40)42-5-2)19(3)37-33-38(29)31(39)27(44-33)15-23-14-24(34)16-26(35)30(23)43-18-21-8-6-20(17-36)7-9-21/h6-16,29H,4-5,18H2,1-3H3/b27-15-/t29-/m1/s1. The molecule has 4 aromatic rings. The Morgan fingerprint density at radius 3 is 2.50 bits per heavy atom. The largest absolute Gasteiger partial charge is 0.494 e. The highest BCUT2D eigenvalue weighted by Crippen LogP contribution is 2.33. The van der Waals surface area contributed by atoms with E-state index < -0.39 is 12.0 Å². The summed E-state index contributed by atoms with van der Waals surface area (Å²) >= 11 is 9.82. The van der Waals surface area contributed by atoms with Gasteiger partial charge in [-0.1, -0.05) is 47.2 Å². The van der Waals surface area contributed by atoms with Gasteiger partial charge in [0.05, 0.1) is 50.3 Å². The van der Waals surface area contributed by atoms with Crippen molar-refractivity contribution in [1.82, 2.24) is 4.57 Å². The van der Waals surface area contributed by atoms with Crippen LogP contribution in [0.5, 0.6) is 11.5 Å². The molecule has 1 atom stereocenters. The van der Waals surface area contributed by atoms with E-state index in [-0.39, 0.29) is 18.8 Å². The number of halogens is 2. The molecule has 0 aliphatic carbocycles. The van der Waals surface area contributed by atoms with E-state index in [1.807, 2.05) is 43.3 Å². The fourth-order valence-corrected chi connectivity index (χ4v) is 7.08. The van der Waals surface area contributed by atoms with Crippen LogP contribution in [0.3, 0.4) is 0 Å². The molecule has 44 heavy (non-hydrogen) atoms. The molecule has 1 aromatic heterocycles. The molecule has 8 nitrogen and oxygen atoms in total. The molecule has 0 saturated carbocycles. The Hall–Kier alpha value is -3.92. The fourth-order valence-electron chi connectivity index (χ4n) is 4.83. The highest BCUT2D eigenvalue weighted by Gasteiger charge is 2.33. The van der Waals surface area contributed by atoms with Crippen molar-refractivity contribution in [2.24, 2.45) is 4.99 Å². The zero-order chi connectivity index (χ0) is 31.4. The first-order valence-electron chi connectivity index (χ1n) is 13.8. The van der Waals surface area contributed by atoms with E-state index in [4.69, 9.17) is 31.1 Å². The average Bonchev–Trinajstić information content (AvgIpc) is 3.30. The minimum atomic E-state index is -0.741. The van der Waals surface area contributed by atoms with Crippen LogP contribution >= 0.6 is 45.5 Å². The monoisotopic (exact) mass is 739 g/mol. The minimum Gasteiger partial charge on any atom is -0.494 e. The first-order valence-corrected chi connectivity index (χ1v) is 16.0. The molecule has 0 N–H and O–H groups in total. The molecule has 0 amide bonds. The number of fused-ring (bicyclic) bond motifs is 1. The summed E-state index contributed by atoms with van der Waals surface area (Å²) in [6, 6.07) is 19.4. The molecule has 0 fully saturated rings. The van der Waals surface area contributed by atoms with E-state index in [0.717, 1.165) is 14.7 Å². The summed E-state index contributed by atoms with van der Waals surface area (Å²) in [5.74, 6) is 0.729. The fraction of sp³-hybridized carbons (Fsp3) is 0.212. The van der Waals surface area contributed by atoms with Crippen LogP contribution < -0.4 is 24.4 Å². The molecule has 1 aliphatic rings. The maximum Gasteiger partial charge on any atom is 0.338 e. The maximum absolute atomic E-state index is 14.1. The number of thiazole rings is 1. The third-order valence-corrected chi connectivity index (χ3v) is 8.82. The number of allylic oxidation sites excluding steroid dienone is 1. The number of nitrogens with zero attached hydrogens (tertiary/aromatic N) is 3. The molecule has 3 aromatic carbocycles. The Morgan fingerprint density at radius 1 is 1.11 bits per heavy atom. The number of rotatable bonds is 9. The number of carbonyl (C=O) groups excluding carboxylic acids is 1. The third kappa shape index (κ3) is 6.60. The first-order chi connectivity index (χ1) is 21.2. The molecule has 0 bridgehead atoms.